The fourth-order valence-corrected chi connectivity index (χ4v) is 7.80. The van der Waals surface area contributed by atoms with Gasteiger partial charge in [0.15, 0.2) is 0 Å². The molecule has 4 aliphatic carbocycles. The van der Waals surface area contributed by atoms with E-state index in [1.165, 1.54) is 38.5 Å². The highest BCUT2D eigenvalue weighted by Gasteiger charge is 2.60. The van der Waals surface area contributed by atoms with Gasteiger partial charge in [0.05, 0.1) is 11.7 Å². The average Bonchev–Trinajstić information content (AvgIpc) is 2.85. The van der Waals surface area contributed by atoms with Crippen LogP contribution in [0.2, 0.25) is 0 Å². The van der Waals surface area contributed by atoms with Crippen LogP contribution in [0.4, 0.5) is 0 Å². The summed E-state index contributed by atoms with van der Waals surface area (Å²) in [5.41, 5.74) is 1.65. The predicted octanol–water partition coefficient (Wildman–Crippen LogP) is 4.70. The summed E-state index contributed by atoms with van der Waals surface area (Å²) in [5.74, 6) is 2.81. The monoisotopic (exact) mass is 332 g/mol. The van der Waals surface area contributed by atoms with E-state index >= 15 is 0 Å². The van der Waals surface area contributed by atoms with E-state index in [4.69, 9.17) is 0 Å². The summed E-state index contributed by atoms with van der Waals surface area (Å²) in [6, 6.07) is 0. The molecule has 2 nitrogen and oxygen atoms in total. The number of aliphatic hydroxyl groups excluding tert-OH is 1. The third-order valence-electron chi connectivity index (χ3n) is 8.93. The first kappa shape index (κ1) is 17.1. The molecule has 0 spiro atoms. The smallest absolute Gasteiger partial charge is 0.0625 e. The van der Waals surface area contributed by atoms with E-state index in [9.17, 15) is 10.2 Å². The molecule has 0 heterocycles. The molecular formula is C22H36O2. The zero-order chi connectivity index (χ0) is 17.3. The maximum atomic E-state index is 10.7. The number of hydrogen-bond donors (Lipinski definition) is 2. The SMILES string of the molecule is CC(C)(O)[C@H]1CC[C@H]2[C@@H]3CC=C4CC(O)CC[C@]4(C)[C@H]3CC[C@]12C. The van der Waals surface area contributed by atoms with Crippen LogP contribution in [0.1, 0.15) is 79.1 Å². The summed E-state index contributed by atoms with van der Waals surface area (Å²) in [7, 11) is 0. The lowest BCUT2D eigenvalue weighted by Gasteiger charge is -2.58. The quantitative estimate of drug-likeness (QED) is 0.683. The number of hydrogen-bond acceptors (Lipinski definition) is 2. The fourth-order valence-electron chi connectivity index (χ4n) is 7.80. The molecule has 3 saturated carbocycles. The second-order valence-corrected chi connectivity index (χ2v) is 10.5. The normalized spacial score (nSPS) is 51.4. The fraction of sp³-hybridized carbons (Fsp3) is 0.909. The molecule has 7 atom stereocenters. The summed E-state index contributed by atoms with van der Waals surface area (Å²) in [5, 5.41) is 20.9. The highest BCUT2D eigenvalue weighted by atomic mass is 16.3. The zero-order valence-electron chi connectivity index (χ0n) is 16.0. The van der Waals surface area contributed by atoms with E-state index in [0.717, 1.165) is 30.6 Å². The minimum absolute atomic E-state index is 0.110. The molecule has 0 radical (unpaired) electrons. The maximum Gasteiger partial charge on any atom is 0.0625 e. The predicted molar refractivity (Wildman–Crippen MR) is 97.5 cm³/mol. The van der Waals surface area contributed by atoms with Crippen LogP contribution >= 0.6 is 0 Å². The lowest BCUT2D eigenvalue weighted by Crippen LogP contribution is -2.52. The van der Waals surface area contributed by atoms with Crippen LogP contribution in [0.3, 0.4) is 0 Å². The third kappa shape index (κ3) is 2.28. The van der Waals surface area contributed by atoms with Crippen molar-refractivity contribution in [2.45, 2.75) is 90.8 Å². The molecule has 4 rings (SSSR count). The molecule has 0 aromatic carbocycles. The van der Waals surface area contributed by atoms with E-state index in [-0.39, 0.29) is 6.10 Å². The van der Waals surface area contributed by atoms with Crippen molar-refractivity contribution >= 4 is 0 Å². The molecule has 2 N–H and O–H groups in total. The number of allylic oxidation sites excluding steroid dienone is 1. The highest BCUT2D eigenvalue weighted by Crippen LogP contribution is 2.67. The van der Waals surface area contributed by atoms with Gasteiger partial charge in [0.2, 0.25) is 0 Å². The first-order chi connectivity index (χ1) is 11.2. The second kappa shape index (κ2) is 5.33. The molecular weight excluding hydrogens is 296 g/mol. The molecule has 0 bridgehead atoms. The maximum absolute atomic E-state index is 10.7. The molecule has 0 aromatic heterocycles. The van der Waals surface area contributed by atoms with Gasteiger partial charge in [-0.15, -0.1) is 0 Å². The molecule has 136 valence electrons. The van der Waals surface area contributed by atoms with E-state index in [1.807, 2.05) is 13.8 Å². The largest absolute Gasteiger partial charge is 0.393 e. The highest BCUT2D eigenvalue weighted by molar-refractivity contribution is 5.25. The summed E-state index contributed by atoms with van der Waals surface area (Å²) >= 11 is 0. The van der Waals surface area contributed by atoms with Crippen molar-refractivity contribution in [3.05, 3.63) is 11.6 Å². The van der Waals surface area contributed by atoms with Crippen LogP contribution in [0.25, 0.3) is 0 Å². The van der Waals surface area contributed by atoms with Crippen LogP contribution in [0.5, 0.6) is 0 Å². The summed E-state index contributed by atoms with van der Waals surface area (Å²) in [6.07, 6.45) is 11.7. The van der Waals surface area contributed by atoms with Gasteiger partial charge in [-0.3, -0.25) is 0 Å². The van der Waals surface area contributed by atoms with Crippen LogP contribution in [-0.2, 0) is 0 Å². The Morgan fingerprint density at radius 2 is 1.79 bits per heavy atom. The van der Waals surface area contributed by atoms with Crippen molar-refractivity contribution in [1.82, 2.24) is 0 Å². The number of rotatable bonds is 1. The molecule has 0 aliphatic heterocycles. The Hall–Kier alpha value is -0.340. The van der Waals surface area contributed by atoms with Crippen molar-refractivity contribution in [2.75, 3.05) is 0 Å². The standard InChI is InChI=1S/C22H36O2/c1-20(2,24)19-8-7-17-16-6-5-14-13-15(23)9-11-21(14,3)18(16)10-12-22(17,19)4/h5,15-19,23-24H,6-13H2,1-4H3/t15?,16-,17-,18-,19+,21-,22-/m0/s1. The Bertz CT molecular complexity index is 545. The minimum atomic E-state index is -0.551. The number of fused-ring (bicyclic) bond motifs is 5. The van der Waals surface area contributed by atoms with Gasteiger partial charge in [-0.1, -0.05) is 25.5 Å². The lowest BCUT2D eigenvalue weighted by atomic mass is 9.47. The topological polar surface area (TPSA) is 40.5 Å². The zero-order valence-corrected chi connectivity index (χ0v) is 16.0. The van der Waals surface area contributed by atoms with Crippen LogP contribution < -0.4 is 0 Å². The van der Waals surface area contributed by atoms with Crippen LogP contribution in [-0.4, -0.2) is 21.9 Å². The Labute approximate surface area is 147 Å². The van der Waals surface area contributed by atoms with E-state index in [2.05, 4.69) is 19.9 Å². The van der Waals surface area contributed by atoms with E-state index < -0.39 is 5.60 Å². The van der Waals surface area contributed by atoms with Crippen molar-refractivity contribution < 1.29 is 10.2 Å². The molecule has 2 heteroatoms. The Morgan fingerprint density at radius 3 is 2.50 bits per heavy atom. The summed E-state index contributed by atoms with van der Waals surface area (Å²) in [4.78, 5) is 0. The number of aliphatic hydroxyl groups is 2. The summed E-state index contributed by atoms with van der Waals surface area (Å²) < 4.78 is 0. The van der Waals surface area contributed by atoms with Gasteiger partial charge in [-0.2, -0.15) is 0 Å². The molecule has 0 amide bonds. The first-order valence-corrected chi connectivity index (χ1v) is 10.3. The Morgan fingerprint density at radius 1 is 1.04 bits per heavy atom. The van der Waals surface area contributed by atoms with Crippen molar-refractivity contribution in [1.29, 1.82) is 0 Å². The molecule has 0 aromatic rings. The minimum Gasteiger partial charge on any atom is -0.393 e. The lowest BCUT2D eigenvalue weighted by molar-refractivity contribution is -0.0948. The van der Waals surface area contributed by atoms with Crippen LogP contribution in [0.15, 0.2) is 11.6 Å². The van der Waals surface area contributed by atoms with E-state index in [0.29, 0.717) is 16.7 Å². The molecule has 1 unspecified atom stereocenters. The van der Waals surface area contributed by atoms with Gasteiger partial charge >= 0.3 is 0 Å². The van der Waals surface area contributed by atoms with Gasteiger partial charge < -0.3 is 10.2 Å². The van der Waals surface area contributed by atoms with Gasteiger partial charge in [-0.25, -0.2) is 0 Å². The average molecular weight is 333 g/mol. The van der Waals surface area contributed by atoms with E-state index in [1.54, 1.807) is 5.57 Å². The van der Waals surface area contributed by atoms with Crippen molar-refractivity contribution in [2.24, 2.45) is 34.5 Å². The van der Waals surface area contributed by atoms with Crippen molar-refractivity contribution in [3.63, 3.8) is 0 Å². The van der Waals surface area contributed by atoms with Crippen LogP contribution in [0, 0.1) is 34.5 Å². The molecule has 0 saturated heterocycles. The van der Waals surface area contributed by atoms with Gasteiger partial charge in [-0.05, 0) is 99.7 Å². The molecule has 24 heavy (non-hydrogen) atoms. The van der Waals surface area contributed by atoms with Crippen molar-refractivity contribution in [3.8, 4) is 0 Å². The summed E-state index contributed by atoms with van der Waals surface area (Å²) in [6.45, 7) is 9.03. The van der Waals surface area contributed by atoms with Gasteiger partial charge in [0, 0.05) is 0 Å². The molecule has 3 fully saturated rings. The molecule has 4 aliphatic rings. The third-order valence-corrected chi connectivity index (χ3v) is 8.93. The van der Waals surface area contributed by atoms with Gasteiger partial charge in [0.25, 0.3) is 0 Å². The second-order valence-electron chi connectivity index (χ2n) is 10.5. The van der Waals surface area contributed by atoms with Gasteiger partial charge in [0.1, 0.15) is 0 Å². The first-order valence-electron chi connectivity index (χ1n) is 10.3. The Kier molecular flexibility index (Phi) is 3.80. The Balaban J connectivity index is 1.65.